The van der Waals surface area contributed by atoms with Crippen molar-refractivity contribution in [3.63, 3.8) is 0 Å². The van der Waals surface area contributed by atoms with Crippen molar-refractivity contribution in [2.24, 2.45) is 0 Å². The van der Waals surface area contributed by atoms with Gasteiger partial charge in [0.2, 0.25) is 0 Å². The lowest BCUT2D eigenvalue weighted by Gasteiger charge is -2.24. The highest BCUT2D eigenvalue weighted by Gasteiger charge is 2.32. The van der Waals surface area contributed by atoms with Gasteiger partial charge >= 0.3 is 12.2 Å². The van der Waals surface area contributed by atoms with E-state index in [0.29, 0.717) is 6.42 Å². The van der Waals surface area contributed by atoms with Crippen LogP contribution in [0.4, 0.5) is 18.0 Å². The number of urea groups is 1. The van der Waals surface area contributed by atoms with Crippen molar-refractivity contribution in [1.29, 1.82) is 0 Å². The molecule has 0 bridgehead atoms. The lowest BCUT2D eigenvalue weighted by atomic mass is 10.4. The summed E-state index contributed by atoms with van der Waals surface area (Å²) in [7, 11) is 0. The molecule has 15 heavy (non-hydrogen) atoms. The molecule has 0 aromatic carbocycles. The summed E-state index contributed by atoms with van der Waals surface area (Å²) in [5.41, 5.74) is 0. The molecular formula is C9H17F3N2O. The Bertz CT molecular complexity index is 204. The molecule has 0 fully saturated rings. The summed E-state index contributed by atoms with van der Waals surface area (Å²) < 4.78 is 36.3. The second-order valence-corrected chi connectivity index (χ2v) is 3.64. The minimum Gasteiger partial charge on any atom is -0.336 e. The summed E-state index contributed by atoms with van der Waals surface area (Å²) in [5, 5.41) is 2.44. The van der Waals surface area contributed by atoms with E-state index < -0.39 is 18.8 Å². The first kappa shape index (κ1) is 14.1. The van der Waals surface area contributed by atoms with E-state index in [2.05, 4.69) is 5.32 Å². The molecule has 0 aliphatic heterocycles. The van der Waals surface area contributed by atoms with Crippen molar-refractivity contribution in [2.75, 3.05) is 13.1 Å². The Labute approximate surface area is 87.6 Å². The van der Waals surface area contributed by atoms with E-state index >= 15 is 0 Å². The Hall–Kier alpha value is -0.940. The molecule has 0 spiro atoms. The SMILES string of the molecule is CCCN(CC(F)(F)F)C(=O)NC(C)C. The third kappa shape index (κ3) is 7.04. The number of carbonyl (C=O) groups excluding carboxylic acids is 1. The van der Waals surface area contributed by atoms with Gasteiger partial charge in [0.25, 0.3) is 0 Å². The highest BCUT2D eigenvalue weighted by Crippen LogP contribution is 2.16. The second kappa shape index (κ2) is 5.82. The van der Waals surface area contributed by atoms with E-state index in [1.807, 2.05) is 0 Å². The lowest BCUT2D eigenvalue weighted by molar-refractivity contribution is -0.140. The van der Waals surface area contributed by atoms with Gasteiger partial charge in [-0.1, -0.05) is 6.92 Å². The van der Waals surface area contributed by atoms with Crippen LogP contribution in [0.2, 0.25) is 0 Å². The maximum atomic E-state index is 12.1. The Morgan fingerprint density at radius 3 is 2.27 bits per heavy atom. The van der Waals surface area contributed by atoms with Crippen molar-refractivity contribution in [3.8, 4) is 0 Å². The number of nitrogens with zero attached hydrogens (tertiary/aromatic N) is 1. The van der Waals surface area contributed by atoms with Gasteiger partial charge in [0.1, 0.15) is 6.54 Å². The third-order valence-corrected chi connectivity index (χ3v) is 1.56. The molecule has 0 radical (unpaired) electrons. The fraction of sp³-hybridized carbons (Fsp3) is 0.889. The molecule has 0 aromatic rings. The zero-order chi connectivity index (χ0) is 12.1. The summed E-state index contributed by atoms with van der Waals surface area (Å²) in [6, 6.07) is -0.825. The van der Waals surface area contributed by atoms with Gasteiger partial charge < -0.3 is 10.2 Å². The van der Waals surface area contributed by atoms with Crippen LogP contribution in [-0.4, -0.2) is 36.2 Å². The second-order valence-electron chi connectivity index (χ2n) is 3.64. The number of hydrogen-bond acceptors (Lipinski definition) is 1. The van der Waals surface area contributed by atoms with Gasteiger partial charge in [-0.25, -0.2) is 4.79 Å². The summed E-state index contributed by atoms with van der Waals surface area (Å²) in [4.78, 5) is 12.1. The smallest absolute Gasteiger partial charge is 0.336 e. The minimum atomic E-state index is -4.34. The highest BCUT2D eigenvalue weighted by molar-refractivity contribution is 5.74. The van der Waals surface area contributed by atoms with E-state index in [-0.39, 0.29) is 12.6 Å². The molecule has 0 unspecified atom stereocenters. The third-order valence-electron chi connectivity index (χ3n) is 1.56. The van der Waals surface area contributed by atoms with Crippen molar-refractivity contribution >= 4 is 6.03 Å². The summed E-state index contributed by atoms with van der Waals surface area (Å²) in [5.74, 6) is 0. The number of nitrogens with one attached hydrogen (secondary N) is 1. The first-order valence-electron chi connectivity index (χ1n) is 4.88. The zero-order valence-corrected chi connectivity index (χ0v) is 9.19. The number of alkyl halides is 3. The average Bonchev–Trinajstić information content (AvgIpc) is 1.99. The standard InChI is InChI=1S/C9H17F3N2O/c1-4-5-14(6-9(10,11)12)8(15)13-7(2)3/h7H,4-6H2,1-3H3,(H,13,15). The largest absolute Gasteiger partial charge is 0.406 e. The summed E-state index contributed by atoms with van der Waals surface area (Å²) in [6.07, 6.45) is -3.84. The van der Waals surface area contributed by atoms with Crippen LogP contribution < -0.4 is 5.32 Å². The van der Waals surface area contributed by atoms with E-state index in [1.54, 1.807) is 20.8 Å². The minimum absolute atomic E-state index is 0.109. The van der Waals surface area contributed by atoms with Crippen LogP contribution in [0.25, 0.3) is 0 Å². The van der Waals surface area contributed by atoms with Crippen molar-refractivity contribution in [3.05, 3.63) is 0 Å². The van der Waals surface area contributed by atoms with Crippen LogP contribution in [0.15, 0.2) is 0 Å². The van der Waals surface area contributed by atoms with Crippen LogP contribution in [0.5, 0.6) is 0 Å². The molecule has 6 heteroatoms. The monoisotopic (exact) mass is 226 g/mol. The van der Waals surface area contributed by atoms with Crippen molar-refractivity contribution < 1.29 is 18.0 Å². The van der Waals surface area contributed by atoms with Gasteiger partial charge in [-0.2, -0.15) is 13.2 Å². The topological polar surface area (TPSA) is 32.3 Å². The molecule has 3 nitrogen and oxygen atoms in total. The molecule has 0 heterocycles. The van der Waals surface area contributed by atoms with E-state index in [9.17, 15) is 18.0 Å². The maximum absolute atomic E-state index is 12.1. The van der Waals surface area contributed by atoms with Gasteiger partial charge in [-0.05, 0) is 20.3 Å². The van der Waals surface area contributed by atoms with Crippen LogP contribution >= 0.6 is 0 Å². The number of halogens is 3. The van der Waals surface area contributed by atoms with Crippen molar-refractivity contribution in [1.82, 2.24) is 10.2 Å². The Morgan fingerprint density at radius 1 is 1.40 bits per heavy atom. The highest BCUT2D eigenvalue weighted by atomic mass is 19.4. The normalized spacial score (nSPS) is 11.7. The first-order valence-corrected chi connectivity index (χ1v) is 4.88. The molecule has 0 atom stereocenters. The molecule has 1 N–H and O–H groups in total. The predicted octanol–water partition coefficient (Wildman–Crippen LogP) is 2.38. The quantitative estimate of drug-likeness (QED) is 0.784. The molecule has 0 rings (SSSR count). The van der Waals surface area contributed by atoms with Gasteiger partial charge in [0.15, 0.2) is 0 Å². The number of carbonyl (C=O) groups is 1. The van der Waals surface area contributed by atoms with Crippen molar-refractivity contribution in [2.45, 2.75) is 39.4 Å². The molecular weight excluding hydrogens is 209 g/mol. The maximum Gasteiger partial charge on any atom is 0.406 e. The summed E-state index contributed by atoms with van der Waals surface area (Å²) >= 11 is 0. The molecule has 90 valence electrons. The average molecular weight is 226 g/mol. The fourth-order valence-electron chi connectivity index (χ4n) is 1.08. The molecule has 0 saturated heterocycles. The Kier molecular flexibility index (Phi) is 5.46. The van der Waals surface area contributed by atoms with Crippen LogP contribution in [-0.2, 0) is 0 Å². The molecule has 2 amide bonds. The fourth-order valence-corrected chi connectivity index (χ4v) is 1.08. The Balaban J connectivity index is 4.31. The molecule has 0 aliphatic rings. The van der Waals surface area contributed by atoms with Gasteiger partial charge in [-0.15, -0.1) is 0 Å². The number of amides is 2. The first-order chi connectivity index (χ1) is 6.76. The van der Waals surface area contributed by atoms with E-state index in [1.165, 1.54) is 0 Å². The van der Waals surface area contributed by atoms with Crippen LogP contribution in [0, 0.1) is 0 Å². The van der Waals surface area contributed by atoms with Gasteiger partial charge in [0, 0.05) is 12.6 Å². The molecule has 0 aromatic heterocycles. The lowest BCUT2D eigenvalue weighted by Crippen LogP contribution is -2.47. The molecule has 0 aliphatic carbocycles. The number of rotatable bonds is 4. The molecule has 0 saturated carbocycles. The van der Waals surface area contributed by atoms with Gasteiger partial charge in [-0.3, -0.25) is 0 Å². The predicted molar refractivity (Wildman–Crippen MR) is 51.6 cm³/mol. The van der Waals surface area contributed by atoms with E-state index in [4.69, 9.17) is 0 Å². The summed E-state index contributed by atoms with van der Waals surface area (Å²) in [6.45, 7) is 4.05. The van der Waals surface area contributed by atoms with Gasteiger partial charge in [0.05, 0.1) is 0 Å². The Morgan fingerprint density at radius 2 is 1.93 bits per heavy atom. The van der Waals surface area contributed by atoms with Crippen LogP contribution in [0.1, 0.15) is 27.2 Å². The van der Waals surface area contributed by atoms with Crippen LogP contribution in [0.3, 0.4) is 0 Å². The zero-order valence-electron chi connectivity index (χ0n) is 9.19. The number of hydrogen-bond donors (Lipinski definition) is 1. The van der Waals surface area contributed by atoms with E-state index in [0.717, 1.165) is 4.90 Å².